The average molecular weight is 767 g/mol. The van der Waals surface area contributed by atoms with E-state index in [0.29, 0.717) is 38.4 Å². The number of nitrogens with zero attached hydrogens (tertiary/aromatic N) is 4. The number of alkyl carbamates (subject to hydrolysis) is 2. The summed E-state index contributed by atoms with van der Waals surface area (Å²) in [6, 6.07) is 14.6. The highest BCUT2D eigenvalue weighted by Gasteiger charge is 2.42. The molecular weight excluding hydrogens is 716 g/mol. The zero-order valence-electron chi connectivity index (χ0n) is 32.2. The summed E-state index contributed by atoms with van der Waals surface area (Å²) in [7, 11) is 2.58. The lowest BCUT2D eigenvalue weighted by Gasteiger charge is -2.30. The van der Waals surface area contributed by atoms with Gasteiger partial charge in [-0.3, -0.25) is 9.59 Å². The third-order valence-electron chi connectivity index (χ3n) is 11.0. The number of fused-ring (bicyclic) bond motifs is 2. The number of aromatic amines is 2. The summed E-state index contributed by atoms with van der Waals surface area (Å²) in [5.74, 6) is 0.992. The number of aromatic nitrogens is 4. The molecule has 0 unspecified atom stereocenters. The van der Waals surface area contributed by atoms with E-state index in [1.165, 1.54) is 14.2 Å². The molecule has 2 bridgehead atoms. The fraction of sp³-hybridized carbons (Fsp3) is 0.463. The zero-order valence-corrected chi connectivity index (χ0v) is 32.2. The molecule has 296 valence electrons. The number of imidazole rings is 2. The maximum atomic E-state index is 13.7. The zero-order chi connectivity index (χ0) is 39.3. The number of nitrogens with one attached hydrogen (secondary N) is 4. The van der Waals surface area contributed by atoms with Crippen LogP contribution in [0.5, 0.6) is 0 Å². The Balaban J connectivity index is 1.01. The van der Waals surface area contributed by atoms with Gasteiger partial charge in [0, 0.05) is 26.1 Å². The number of methoxy groups -OCH3 is 2. The number of carbonyl (C=O) groups excluding carboxylic acids is 4. The molecule has 5 atom stereocenters. The topological polar surface area (TPSA) is 184 Å². The molecule has 4 amide bonds. The Morgan fingerprint density at radius 3 is 1.98 bits per heavy atom. The van der Waals surface area contributed by atoms with Gasteiger partial charge in [0.15, 0.2) is 0 Å². The van der Waals surface area contributed by atoms with Crippen LogP contribution in [-0.2, 0) is 23.8 Å². The van der Waals surface area contributed by atoms with Crippen LogP contribution in [0.2, 0.25) is 0 Å². The minimum atomic E-state index is -0.690. The number of ether oxygens (including phenoxy) is 3. The first-order valence-electron chi connectivity index (χ1n) is 19.4. The van der Waals surface area contributed by atoms with Crippen molar-refractivity contribution in [3.63, 3.8) is 0 Å². The van der Waals surface area contributed by atoms with Crippen molar-refractivity contribution in [3.8, 4) is 33.6 Å². The Labute approximate surface area is 325 Å². The van der Waals surface area contributed by atoms with Crippen LogP contribution in [0.25, 0.3) is 33.6 Å². The normalized spacial score (nSPS) is 21.8. The number of hydrogen-bond donors (Lipinski definition) is 4. The molecular formula is C41H50N8O7. The molecule has 15 nitrogen and oxygen atoms in total. The maximum absolute atomic E-state index is 13.7. The monoisotopic (exact) mass is 766 g/mol. The highest BCUT2D eigenvalue weighted by atomic mass is 16.5. The number of benzene rings is 2. The van der Waals surface area contributed by atoms with Crippen LogP contribution in [0, 0.1) is 5.92 Å². The molecule has 3 aliphatic rings. The van der Waals surface area contributed by atoms with E-state index >= 15 is 0 Å². The first kappa shape index (κ1) is 38.6. The average Bonchev–Trinajstić information content (AvgIpc) is 4.05. The highest BCUT2D eigenvalue weighted by molar-refractivity contribution is 5.87. The van der Waals surface area contributed by atoms with Crippen LogP contribution in [-0.4, -0.2) is 106 Å². The van der Waals surface area contributed by atoms with Gasteiger partial charge >= 0.3 is 12.2 Å². The van der Waals surface area contributed by atoms with Crippen molar-refractivity contribution < 1.29 is 33.4 Å². The predicted octanol–water partition coefficient (Wildman–Crippen LogP) is 5.75. The smallest absolute Gasteiger partial charge is 0.407 e. The van der Waals surface area contributed by atoms with Gasteiger partial charge in [-0.05, 0) is 60.3 Å². The summed E-state index contributed by atoms with van der Waals surface area (Å²) in [5.41, 5.74) is 5.72. The van der Waals surface area contributed by atoms with Crippen molar-refractivity contribution in [1.29, 1.82) is 0 Å². The van der Waals surface area contributed by atoms with Crippen molar-refractivity contribution in [1.82, 2.24) is 40.4 Å². The molecule has 4 N–H and O–H groups in total. The molecule has 7 rings (SSSR count). The molecule has 56 heavy (non-hydrogen) atoms. The lowest BCUT2D eigenvalue weighted by atomic mass is 10.0. The summed E-state index contributed by atoms with van der Waals surface area (Å²) in [4.78, 5) is 71.1. The van der Waals surface area contributed by atoms with Crippen LogP contribution >= 0.6 is 0 Å². The lowest BCUT2D eigenvalue weighted by Crippen LogP contribution is -2.51. The molecule has 0 spiro atoms. The number of carbonyl (C=O) groups is 4. The largest absolute Gasteiger partial charge is 0.453 e. The molecule has 0 saturated carbocycles. The van der Waals surface area contributed by atoms with Gasteiger partial charge in [-0.1, -0.05) is 62.4 Å². The van der Waals surface area contributed by atoms with E-state index in [1.807, 2.05) is 38.1 Å². The minimum Gasteiger partial charge on any atom is -0.453 e. The number of amides is 4. The van der Waals surface area contributed by atoms with Gasteiger partial charge in [-0.15, -0.1) is 0 Å². The van der Waals surface area contributed by atoms with E-state index < -0.39 is 24.3 Å². The van der Waals surface area contributed by atoms with Crippen molar-refractivity contribution in [2.45, 2.75) is 82.6 Å². The molecule has 3 aliphatic heterocycles. The Morgan fingerprint density at radius 2 is 1.39 bits per heavy atom. The maximum Gasteiger partial charge on any atom is 0.407 e. The molecule has 4 aromatic rings. The van der Waals surface area contributed by atoms with E-state index in [1.54, 1.807) is 22.2 Å². The first-order valence-corrected chi connectivity index (χ1v) is 19.4. The second kappa shape index (κ2) is 17.0. The van der Waals surface area contributed by atoms with Crippen LogP contribution in [0.15, 0.2) is 60.9 Å². The fourth-order valence-electron chi connectivity index (χ4n) is 7.96. The number of rotatable bonds is 9. The van der Waals surface area contributed by atoms with Crippen LogP contribution in [0.1, 0.15) is 76.1 Å². The summed E-state index contributed by atoms with van der Waals surface area (Å²) in [5, 5.41) is 5.42. The molecule has 0 aliphatic carbocycles. The molecule has 2 aromatic carbocycles. The van der Waals surface area contributed by atoms with E-state index in [0.717, 1.165) is 65.1 Å². The van der Waals surface area contributed by atoms with E-state index in [-0.39, 0.29) is 35.9 Å². The van der Waals surface area contributed by atoms with Gasteiger partial charge in [0.05, 0.1) is 56.2 Å². The first-order chi connectivity index (χ1) is 27.1. The summed E-state index contributed by atoms with van der Waals surface area (Å²) < 4.78 is 15.7. The summed E-state index contributed by atoms with van der Waals surface area (Å²) >= 11 is 0. The van der Waals surface area contributed by atoms with Gasteiger partial charge in [-0.25, -0.2) is 19.6 Å². The second-order valence-electron chi connectivity index (χ2n) is 15.0. The number of H-pyrrole nitrogens is 2. The standard InChI is InChI=1S/C41H50N8O7/c1-24(2)35(47-41(53)55-4)39(51)48-18-7-9-33(48)36-42-21-31(44-36)27-14-10-25(11-15-27)26-12-16-28(17-13-26)32-22-43-37(45-32)34-20-29-23-49(34)38(50)30(46-40(52)54-3)8-5-6-19-56-29/h10-17,21-22,24,29-30,33-35H,5-9,18-20,23H2,1-4H3,(H,42,44)(H,43,45)(H,46,52)(H,47,53)/t29-,30-,33-,34-,35-/m0/s1. The van der Waals surface area contributed by atoms with Crippen LogP contribution in [0.3, 0.4) is 0 Å². The molecule has 3 saturated heterocycles. The molecule has 0 radical (unpaired) electrons. The van der Waals surface area contributed by atoms with Gasteiger partial charge in [0.2, 0.25) is 11.8 Å². The number of hydrogen-bond acceptors (Lipinski definition) is 9. The van der Waals surface area contributed by atoms with Gasteiger partial charge in [0.1, 0.15) is 23.7 Å². The third-order valence-corrected chi connectivity index (χ3v) is 11.0. The van der Waals surface area contributed by atoms with Gasteiger partial charge < -0.3 is 44.6 Å². The Kier molecular flexibility index (Phi) is 11.7. The summed E-state index contributed by atoms with van der Waals surface area (Å²) in [6.45, 7) is 5.43. The van der Waals surface area contributed by atoms with Crippen molar-refractivity contribution in [3.05, 3.63) is 72.6 Å². The van der Waals surface area contributed by atoms with Gasteiger partial charge in [-0.2, -0.15) is 0 Å². The molecule has 3 fully saturated rings. The minimum absolute atomic E-state index is 0.107. The highest BCUT2D eigenvalue weighted by Crippen LogP contribution is 2.36. The second-order valence-corrected chi connectivity index (χ2v) is 15.0. The quantitative estimate of drug-likeness (QED) is 0.165. The van der Waals surface area contributed by atoms with Crippen LogP contribution in [0.4, 0.5) is 9.59 Å². The number of likely N-dealkylation sites (tertiary alicyclic amines) is 1. The Morgan fingerprint density at radius 1 is 0.804 bits per heavy atom. The van der Waals surface area contributed by atoms with Gasteiger partial charge in [0.25, 0.3) is 0 Å². The van der Waals surface area contributed by atoms with E-state index in [2.05, 4.69) is 49.9 Å². The molecule has 2 aromatic heterocycles. The Hall–Kier alpha value is -5.70. The summed E-state index contributed by atoms with van der Waals surface area (Å²) in [6.07, 6.45) is 6.56. The Bertz CT molecular complexity index is 2010. The molecule has 5 heterocycles. The predicted molar refractivity (Wildman–Crippen MR) is 207 cm³/mol. The van der Waals surface area contributed by atoms with Crippen molar-refractivity contribution in [2.24, 2.45) is 5.92 Å². The fourth-order valence-corrected chi connectivity index (χ4v) is 7.96. The lowest BCUT2D eigenvalue weighted by molar-refractivity contribution is -0.136. The third kappa shape index (κ3) is 8.27. The van der Waals surface area contributed by atoms with Crippen molar-refractivity contribution >= 4 is 24.0 Å². The SMILES string of the molecule is COC(=O)N[C@H]1CCCCO[C@H]2C[C@@H](c3ncc(-c4ccc(-c5ccc(-c6cnc([C@@H]7CCCN7C(=O)[C@@H](NC(=O)OC)C(C)C)[nH]6)cc5)cc4)[nH]3)N(C2)C1=O. The van der Waals surface area contributed by atoms with E-state index in [9.17, 15) is 19.2 Å². The molecule has 15 heteroatoms. The van der Waals surface area contributed by atoms with Crippen LogP contribution < -0.4 is 10.6 Å². The van der Waals surface area contributed by atoms with Crippen molar-refractivity contribution in [2.75, 3.05) is 33.9 Å². The van der Waals surface area contributed by atoms with E-state index in [4.69, 9.17) is 19.2 Å².